The molecule has 0 aliphatic carbocycles. The summed E-state index contributed by atoms with van der Waals surface area (Å²) in [7, 11) is 0. The summed E-state index contributed by atoms with van der Waals surface area (Å²) in [6.07, 6.45) is 4.17. The summed E-state index contributed by atoms with van der Waals surface area (Å²) in [5.41, 5.74) is 3.99. The van der Waals surface area contributed by atoms with E-state index in [0.29, 0.717) is 17.9 Å². The van der Waals surface area contributed by atoms with Crippen molar-refractivity contribution in [2.75, 3.05) is 31.7 Å². The largest absolute Gasteiger partial charge is 0.492 e. The molecule has 2 N–H and O–H groups in total. The Kier molecular flexibility index (Phi) is 7.68. The fourth-order valence-corrected chi connectivity index (χ4v) is 4.09. The number of piperidine rings is 1. The summed E-state index contributed by atoms with van der Waals surface area (Å²) < 4.78 is 6.03. The van der Waals surface area contributed by atoms with Gasteiger partial charge in [-0.25, -0.2) is 10.4 Å². The van der Waals surface area contributed by atoms with Gasteiger partial charge in [-0.05, 0) is 37.4 Å². The maximum absolute atomic E-state index is 12.4. The lowest BCUT2D eigenvalue weighted by Gasteiger charge is -2.30. The first-order valence-corrected chi connectivity index (χ1v) is 11.5. The van der Waals surface area contributed by atoms with E-state index in [0.717, 1.165) is 36.9 Å². The van der Waals surface area contributed by atoms with E-state index in [4.69, 9.17) is 4.74 Å². The lowest BCUT2D eigenvalue weighted by atomic mass is 10.0. The van der Waals surface area contributed by atoms with E-state index in [1.807, 2.05) is 48.5 Å². The van der Waals surface area contributed by atoms with E-state index in [-0.39, 0.29) is 11.5 Å². The SMILES string of the molecule is CC1CCCN(CCOc2ccccc2C=NNc2nc(-c3ccccc3)c(C#N)c(=O)[nH]2)C1. The van der Waals surface area contributed by atoms with E-state index in [1.165, 1.54) is 12.8 Å². The van der Waals surface area contributed by atoms with Crippen LogP contribution in [-0.2, 0) is 0 Å². The van der Waals surface area contributed by atoms with Crippen molar-refractivity contribution >= 4 is 12.2 Å². The van der Waals surface area contributed by atoms with Crippen molar-refractivity contribution in [3.8, 4) is 23.1 Å². The molecule has 1 fully saturated rings. The standard InChI is InChI=1S/C26H28N6O2/c1-19-8-7-13-32(18-19)14-15-34-23-12-6-5-11-21(23)17-28-31-26-29-24(20-9-3-2-4-10-20)22(16-27)25(33)30-26/h2-6,9-12,17,19H,7-8,13-15,18H2,1H3,(H2,29,30,31,33). The van der Waals surface area contributed by atoms with E-state index in [9.17, 15) is 10.1 Å². The highest BCUT2D eigenvalue weighted by Gasteiger charge is 2.16. The number of nitrogens with zero attached hydrogens (tertiary/aromatic N) is 4. The highest BCUT2D eigenvalue weighted by atomic mass is 16.5. The second-order valence-corrected chi connectivity index (χ2v) is 8.42. The molecule has 4 rings (SSSR count). The third-order valence-corrected chi connectivity index (χ3v) is 5.78. The zero-order chi connectivity index (χ0) is 23.8. The van der Waals surface area contributed by atoms with Crippen molar-refractivity contribution in [2.24, 2.45) is 11.0 Å². The van der Waals surface area contributed by atoms with Crippen molar-refractivity contribution in [3.05, 3.63) is 76.1 Å². The number of anilines is 1. The number of nitrogens with one attached hydrogen (secondary N) is 2. The summed E-state index contributed by atoms with van der Waals surface area (Å²) in [5.74, 6) is 1.63. The van der Waals surface area contributed by atoms with Crippen LogP contribution < -0.4 is 15.7 Å². The Morgan fingerprint density at radius 2 is 2.06 bits per heavy atom. The second kappa shape index (κ2) is 11.3. The Morgan fingerprint density at radius 3 is 2.85 bits per heavy atom. The van der Waals surface area contributed by atoms with Gasteiger partial charge in [0.2, 0.25) is 5.95 Å². The summed E-state index contributed by atoms with van der Waals surface area (Å²) in [6, 6.07) is 18.7. The van der Waals surface area contributed by atoms with Crippen LogP contribution in [0, 0.1) is 17.2 Å². The molecule has 2 aromatic carbocycles. The molecular formula is C26H28N6O2. The molecule has 0 saturated carbocycles. The van der Waals surface area contributed by atoms with Crippen molar-refractivity contribution in [3.63, 3.8) is 0 Å². The van der Waals surface area contributed by atoms with E-state index in [1.54, 1.807) is 18.3 Å². The molecule has 0 spiro atoms. The zero-order valence-corrected chi connectivity index (χ0v) is 19.2. The van der Waals surface area contributed by atoms with Gasteiger partial charge >= 0.3 is 0 Å². The maximum atomic E-state index is 12.4. The maximum Gasteiger partial charge on any atom is 0.270 e. The summed E-state index contributed by atoms with van der Waals surface area (Å²) in [4.78, 5) is 21.8. The zero-order valence-electron chi connectivity index (χ0n) is 19.2. The lowest BCUT2D eigenvalue weighted by Crippen LogP contribution is -2.37. The van der Waals surface area contributed by atoms with Crippen LogP contribution in [0.4, 0.5) is 5.95 Å². The molecule has 1 unspecified atom stereocenters. The third kappa shape index (κ3) is 5.88. The molecular weight excluding hydrogens is 428 g/mol. The van der Waals surface area contributed by atoms with Gasteiger partial charge in [0.05, 0.1) is 11.9 Å². The molecule has 1 aliphatic rings. The first-order valence-electron chi connectivity index (χ1n) is 11.5. The fraction of sp³-hybridized carbons (Fsp3) is 0.308. The molecule has 34 heavy (non-hydrogen) atoms. The number of aromatic amines is 1. The molecule has 1 saturated heterocycles. The minimum atomic E-state index is -0.523. The molecule has 0 bridgehead atoms. The van der Waals surface area contributed by atoms with Gasteiger partial charge in [0.25, 0.3) is 5.56 Å². The fourth-order valence-electron chi connectivity index (χ4n) is 4.09. The van der Waals surface area contributed by atoms with Crippen LogP contribution in [0.5, 0.6) is 5.75 Å². The van der Waals surface area contributed by atoms with Gasteiger partial charge in [-0.2, -0.15) is 10.4 Å². The number of nitriles is 1. The van der Waals surface area contributed by atoms with Gasteiger partial charge in [0, 0.05) is 24.2 Å². The first-order chi connectivity index (χ1) is 16.6. The third-order valence-electron chi connectivity index (χ3n) is 5.78. The van der Waals surface area contributed by atoms with Gasteiger partial charge in [0.1, 0.15) is 24.0 Å². The quantitative estimate of drug-likeness (QED) is 0.394. The number of hydrogen-bond acceptors (Lipinski definition) is 7. The number of likely N-dealkylation sites (tertiary alicyclic amines) is 1. The van der Waals surface area contributed by atoms with Gasteiger partial charge in [0.15, 0.2) is 0 Å². The molecule has 8 heteroatoms. The Balaban J connectivity index is 1.43. The van der Waals surface area contributed by atoms with Crippen LogP contribution in [0.2, 0.25) is 0 Å². The average Bonchev–Trinajstić information content (AvgIpc) is 2.85. The first kappa shape index (κ1) is 23.2. The summed E-state index contributed by atoms with van der Waals surface area (Å²) in [5, 5.41) is 13.6. The molecule has 0 radical (unpaired) electrons. The van der Waals surface area contributed by atoms with E-state index >= 15 is 0 Å². The van der Waals surface area contributed by atoms with E-state index in [2.05, 4.69) is 32.3 Å². The van der Waals surface area contributed by atoms with Crippen LogP contribution in [-0.4, -0.2) is 47.3 Å². The van der Waals surface area contributed by atoms with Gasteiger partial charge in [-0.1, -0.05) is 49.4 Å². The van der Waals surface area contributed by atoms with Crippen molar-refractivity contribution in [1.82, 2.24) is 14.9 Å². The summed E-state index contributed by atoms with van der Waals surface area (Å²) >= 11 is 0. The van der Waals surface area contributed by atoms with Crippen molar-refractivity contribution < 1.29 is 4.74 Å². The van der Waals surface area contributed by atoms with Crippen LogP contribution >= 0.6 is 0 Å². The minimum Gasteiger partial charge on any atom is -0.492 e. The molecule has 1 atom stereocenters. The van der Waals surface area contributed by atoms with Gasteiger partial charge < -0.3 is 4.74 Å². The molecule has 8 nitrogen and oxygen atoms in total. The number of aromatic nitrogens is 2. The Bertz CT molecular complexity index is 1230. The smallest absolute Gasteiger partial charge is 0.270 e. The molecule has 0 amide bonds. The highest BCUT2D eigenvalue weighted by molar-refractivity contribution is 5.83. The number of para-hydroxylation sites is 1. The Labute approximate surface area is 198 Å². The van der Waals surface area contributed by atoms with Crippen LogP contribution in [0.1, 0.15) is 30.9 Å². The Hall–Kier alpha value is -3.96. The van der Waals surface area contributed by atoms with E-state index < -0.39 is 5.56 Å². The Morgan fingerprint density at radius 1 is 1.26 bits per heavy atom. The number of benzene rings is 2. The lowest BCUT2D eigenvalue weighted by molar-refractivity contribution is 0.153. The number of hydrogen-bond donors (Lipinski definition) is 2. The average molecular weight is 457 g/mol. The number of H-pyrrole nitrogens is 1. The second-order valence-electron chi connectivity index (χ2n) is 8.42. The molecule has 1 aliphatic heterocycles. The van der Waals surface area contributed by atoms with Gasteiger partial charge in [-0.3, -0.25) is 14.7 Å². The van der Waals surface area contributed by atoms with Crippen LogP contribution in [0.15, 0.2) is 64.5 Å². The van der Waals surface area contributed by atoms with Crippen molar-refractivity contribution in [2.45, 2.75) is 19.8 Å². The molecule has 174 valence electrons. The van der Waals surface area contributed by atoms with Crippen LogP contribution in [0.3, 0.4) is 0 Å². The minimum absolute atomic E-state index is 0.0393. The van der Waals surface area contributed by atoms with Gasteiger partial charge in [-0.15, -0.1) is 0 Å². The van der Waals surface area contributed by atoms with Crippen LogP contribution in [0.25, 0.3) is 11.3 Å². The number of ether oxygens (including phenoxy) is 1. The molecule has 3 aromatic rings. The normalized spacial score (nSPS) is 16.3. The molecule has 1 aromatic heterocycles. The number of hydrazone groups is 1. The monoisotopic (exact) mass is 456 g/mol. The van der Waals surface area contributed by atoms with Crippen molar-refractivity contribution in [1.29, 1.82) is 5.26 Å². The number of rotatable bonds is 8. The predicted molar refractivity (Wildman–Crippen MR) is 133 cm³/mol. The summed E-state index contributed by atoms with van der Waals surface area (Å²) in [6.45, 7) is 6.05. The highest BCUT2D eigenvalue weighted by Crippen LogP contribution is 2.20. The molecule has 2 heterocycles. The topological polar surface area (TPSA) is 106 Å². The predicted octanol–water partition coefficient (Wildman–Crippen LogP) is 3.87.